The van der Waals surface area contributed by atoms with E-state index >= 15 is 0 Å². The first-order chi connectivity index (χ1) is 20.0. The van der Waals surface area contributed by atoms with E-state index in [0.29, 0.717) is 29.7 Å². The number of hydrogen-bond acceptors (Lipinski definition) is 5. The lowest BCUT2D eigenvalue weighted by atomic mass is 9.94. The van der Waals surface area contributed by atoms with Crippen LogP contribution in [0.4, 0.5) is 30.2 Å². The van der Waals surface area contributed by atoms with Crippen molar-refractivity contribution in [2.45, 2.75) is 105 Å². The summed E-state index contributed by atoms with van der Waals surface area (Å²) in [6.45, 7) is 15.1. The van der Waals surface area contributed by atoms with Crippen molar-refractivity contribution in [1.82, 2.24) is 0 Å². The van der Waals surface area contributed by atoms with E-state index in [1.54, 1.807) is 12.1 Å². The van der Waals surface area contributed by atoms with Crippen molar-refractivity contribution in [3.05, 3.63) is 52.6 Å². The molecule has 2 aromatic carbocycles. The Balaban J connectivity index is 2.54. The Morgan fingerprint density at radius 1 is 0.810 bits per heavy atom. The average Bonchev–Trinajstić information content (AvgIpc) is 2.98. The first-order valence-electron chi connectivity index (χ1n) is 15.4. The second-order valence-electron chi connectivity index (χ2n) is 11.5. The standard InChI is InChI=1S/C34H46F3N5/c1-7-11-13-25(9-3)22-42(23-26(10-4)14-12-8-2)30-15-16-32(31(19-30)24(5)6)40-41-33-27(20-38)17-29(34(35,36)37)18-28(33)21-39/h15-19,24-26H,7-14,22-23H2,1-6H3. The molecular weight excluding hydrogens is 535 g/mol. The topological polar surface area (TPSA) is 75.5 Å². The number of azo groups is 1. The third kappa shape index (κ3) is 9.86. The van der Waals surface area contributed by atoms with Gasteiger partial charge in [-0.15, -0.1) is 5.11 Å². The minimum atomic E-state index is -4.68. The van der Waals surface area contributed by atoms with E-state index in [0.717, 1.165) is 37.2 Å². The van der Waals surface area contributed by atoms with E-state index in [1.165, 1.54) is 38.5 Å². The van der Waals surface area contributed by atoms with Gasteiger partial charge in [0.2, 0.25) is 0 Å². The van der Waals surface area contributed by atoms with Crippen LogP contribution < -0.4 is 4.90 Å². The van der Waals surface area contributed by atoms with Crippen LogP contribution >= 0.6 is 0 Å². The van der Waals surface area contributed by atoms with Gasteiger partial charge >= 0.3 is 6.18 Å². The summed E-state index contributed by atoms with van der Waals surface area (Å²) >= 11 is 0. The maximum absolute atomic E-state index is 13.3. The molecule has 0 radical (unpaired) electrons. The van der Waals surface area contributed by atoms with Crippen molar-refractivity contribution in [1.29, 1.82) is 10.5 Å². The highest BCUT2D eigenvalue weighted by Crippen LogP contribution is 2.37. The molecule has 0 spiro atoms. The fourth-order valence-corrected chi connectivity index (χ4v) is 5.22. The third-order valence-electron chi connectivity index (χ3n) is 7.98. The van der Waals surface area contributed by atoms with Gasteiger partial charge in [-0.1, -0.05) is 80.1 Å². The molecule has 0 fully saturated rings. The molecule has 2 unspecified atom stereocenters. The summed E-state index contributed by atoms with van der Waals surface area (Å²) in [7, 11) is 0. The monoisotopic (exact) mass is 581 g/mol. The molecule has 0 bridgehead atoms. The molecule has 0 saturated heterocycles. The second-order valence-corrected chi connectivity index (χ2v) is 11.5. The highest BCUT2D eigenvalue weighted by molar-refractivity contribution is 5.65. The van der Waals surface area contributed by atoms with Crippen molar-refractivity contribution in [2.24, 2.45) is 22.1 Å². The summed E-state index contributed by atoms with van der Waals surface area (Å²) in [6.07, 6.45) is 4.78. The molecule has 5 nitrogen and oxygen atoms in total. The summed E-state index contributed by atoms with van der Waals surface area (Å²) < 4.78 is 39.9. The number of hydrogen-bond donors (Lipinski definition) is 0. The number of unbranched alkanes of at least 4 members (excludes halogenated alkanes) is 2. The molecule has 0 aliphatic heterocycles. The summed E-state index contributed by atoms with van der Waals surface area (Å²) in [6, 6.07) is 11.0. The third-order valence-corrected chi connectivity index (χ3v) is 7.98. The molecule has 0 aliphatic carbocycles. The van der Waals surface area contributed by atoms with Crippen LogP contribution in [0.3, 0.4) is 0 Å². The molecule has 228 valence electrons. The predicted molar refractivity (Wildman–Crippen MR) is 164 cm³/mol. The van der Waals surface area contributed by atoms with Crippen molar-refractivity contribution in [3.8, 4) is 12.1 Å². The fraction of sp³-hybridized carbons (Fsp3) is 0.588. The average molecular weight is 582 g/mol. The van der Waals surface area contributed by atoms with Crippen molar-refractivity contribution >= 4 is 17.1 Å². The zero-order valence-corrected chi connectivity index (χ0v) is 26.1. The van der Waals surface area contributed by atoms with Gasteiger partial charge in [-0.2, -0.15) is 28.8 Å². The molecule has 2 aromatic rings. The maximum Gasteiger partial charge on any atom is 0.416 e. The number of nitriles is 2. The lowest BCUT2D eigenvalue weighted by molar-refractivity contribution is -0.137. The SMILES string of the molecule is CCCCC(CC)CN(CC(CC)CCCC)c1ccc(N=Nc2c(C#N)cc(C(F)(F)F)cc2C#N)c(C(C)C)c1. The first-order valence-corrected chi connectivity index (χ1v) is 15.4. The lowest BCUT2D eigenvalue weighted by Crippen LogP contribution is -2.34. The molecule has 0 amide bonds. The molecule has 8 heteroatoms. The smallest absolute Gasteiger partial charge is 0.371 e. The van der Waals surface area contributed by atoms with E-state index in [9.17, 15) is 23.7 Å². The van der Waals surface area contributed by atoms with E-state index in [-0.39, 0.29) is 22.7 Å². The highest BCUT2D eigenvalue weighted by Gasteiger charge is 2.32. The first kappa shape index (κ1) is 34.8. The molecule has 0 saturated carbocycles. The Morgan fingerprint density at radius 3 is 1.74 bits per heavy atom. The van der Waals surface area contributed by atoms with Crippen molar-refractivity contribution < 1.29 is 13.2 Å². The van der Waals surface area contributed by atoms with Crippen LogP contribution in [0.1, 0.15) is 121 Å². The van der Waals surface area contributed by atoms with Gasteiger partial charge in [0.15, 0.2) is 0 Å². The van der Waals surface area contributed by atoms with E-state index in [1.807, 2.05) is 12.1 Å². The molecule has 0 heterocycles. The number of benzene rings is 2. The largest absolute Gasteiger partial charge is 0.416 e. The van der Waals surface area contributed by atoms with E-state index in [4.69, 9.17) is 0 Å². The van der Waals surface area contributed by atoms with Gasteiger partial charge in [0.1, 0.15) is 17.8 Å². The highest BCUT2D eigenvalue weighted by atomic mass is 19.4. The lowest BCUT2D eigenvalue weighted by Gasteiger charge is -2.33. The Kier molecular flexibility index (Phi) is 14.0. The zero-order valence-electron chi connectivity index (χ0n) is 26.1. The summed E-state index contributed by atoms with van der Waals surface area (Å²) in [5.74, 6) is 1.30. The molecule has 2 rings (SSSR count). The second kappa shape index (κ2) is 16.9. The Hall–Kier alpha value is -3.39. The van der Waals surface area contributed by atoms with Gasteiger partial charge in [0.25, 0.3) is 0 Å². The van der Waals surface area contributed by atoms with Gasteiger partial charge < -0.3 is 4.90 Å². The quantitative estimate of drug-likeness (QED) is 0.185. The van der Waals surface area contributed by atoms with Crippen LogP contribution in [0.25, 0.3) is 0 Å². The van der Waals surface area contributed by atoms with Gasteiger partial charge in [-0.05, 0) is 66.5 Å². The maximum atomic E-state index is 13.3. The molecule has 2 atom stereocenters. The Morgan fingerprint density at radius 2 is 1.33 bits per heavy atom. The van der Waals surface area contributed by atoms with Crippen LogP contribution in [-0.4, -0.2) is 13.1 Å². The van der Waals surface area contributed by atoms with E-state index < -0.39 is 11.7 Å². The minimum absolute atomic E-state index is 0.100. The van der Waals surface area contributed by atoms with Gasteiger partial charge in [-0.3, -0.25) is 0 Å². The van der Waals surface area contributed by atoms with Crippen molar-refractivity contribution in [2.75, 3.05) is 18.0 Å². The van der Waals surface area contributed by atoms with Crippen LogP contribution in [0.2, 0.25) is 0 Å². The molecule has 0 aliphatic rings. The van der Waals surface area contributed by atoms with Crippen LogP contribution in [-0.2, 0) is 6.18 Å². The van der Waals surface area contributed by atoms with Gasteiger partial charge in [-0.25, -0.2) is 0 Å². The summed E-state index contributed by atoms with van der Waals surface area (Å²) in [5.41, 5.74) is 0.759. The number of alkyl halides is 3. The van der Waals surface area contributed by atoms with Crippen LogP contribution in [0, 0.1) is 34.5 Å². The molecule has 0 N–H and O–H groups in total. The molecule has 42 heavy (non-hydrogen) atoms. The number of anilines is 1. The molecular formula is C34H46F3N5. The summed E-state index contributed by atoms with van der Waals surface area (Å²) in [5, 5.41) is 27.6. The van der Waals surface area contributed by atoms with Crippen LogP contribution in [0.5, 0.6) is 0 Å². The summed E-state index contributed by atoms with van der Waals surface area (Å²) in [4.78, 5) is 2.53. The minimum Gasteiger partial charge on any atom is -0.371 e. The predicted octanol–water partition coefficient (Wildman–Crippen LogP) is 11.2. The number of rotatable bonds is 16. The zero-order chi connectivity index (χ0) is 31.3. The number of nitrogens with zero attached hydrogens (tertiary/aromatic N) is 5. The van der Waals surface area contributed by atoms with E-state index in [2.05, 4.69) is 62.7 Å². The molecule has 0 aromatic heterocycles. The fourth-order valence-electron chi connectivity index (χ4n) is 5.22. The Bertz CT molecular complexity index is 1200. The van der Waals surface area contributed by atoms with Crippen LogP contribution in [0.15, 0.2) is 40.6 Å². The normalized spacial score (nSPS) is 13.2. The van der Waals surface area contributed by atoms with Gasteiger partial charge in [0.05, 0.1) is 22.4 Å². The Labute approximate surface area is 250 Å². The number of halogens is 3. The van der Waals surface area contributed by atoms with Crippen molar-refractivity contribution in [3.63, 3.8) is 0 Å². The van der Waals surface area contributed by atoms with Gasteiger partial charge in [0, 0.05) is 18.8 Å².